The van der Waals surface area contributed by atoms with E-state index in [0.29, 0.717) is 24.6 Å². The summed E-state index contributed by atoms with van der Waals surface area (Å²) in [6.45, 7) is 10.2. The van der Waals surface area contributed by atoms with E-state index >= 15 is 0 Å². The van der Waals surface area contributed by atoms with E-state index in [9.17, 15) is 4.79 Å². The third-order valence-electron chi connectivity index (χ3n) is 2.06. The zero-order valence-electron chi connectivity index (χ0n) is 9.90. The molecule has 0 saturated carbocycles. The lowest BCUT2D eigenvalue weighted by atomic mass is 10.1. The molecule has 1 heterocycles. The molecule has 0 unspecified atom stereocenters. The van der Waals surface area contributed by atoms with Gasteiger partial charge in [0, 0.05) is 0 Å². The summed E-state index contributed by atoms with van der Waals surface area (Å²) in [5, 5.41) is 16.5. The standard InChI is InChI=1S/C11H17N3O2/c1-7(2)5-9-10(11(15)16)12-13-14(9)6-8(3)4/h7H,3,5-6H2,1-2,4H3,(H,15,16). The van der Waals surface area contributed by atoms with Gasteiger partial charge < -0.3 is 5.11 Å². The van der Waals surface area contributed by atoms with Crippen LogP contribution in [0.1, 0.15) is 37.0 Å². The van der Waals surface area contributed by atoms with Crippen LogP contribution in [-0.2, 0) is 13.0 Å². The molecule has 0 aliphatic heterocycles. The van der Waals surface area contributed by atoms with Crippen LogP contribution in [0.25, 0.3) is 0 Å². The Hall–Kier alpha value is -1.65. The van der Waals surface area contributed by atoms with E-state index in [2.05, 4.69) is 16.9 Å². The van der Waals surface area contributed by atoms with Gasteiger partial charge in [-0.3, -0.25) is 0 Å². The largest absolute Gasteiger partial charge is 0.476 e. The Morgan fingerprint density at radius 2 is 2.19 bits per heavy atom. The van der Waals surface area contributed by atoms with E-state index in [0.717, 1.165) is 5.57 Å². The second-order valence-corrected chi connectivity index (χ2v) is 4.40. The van der Waals surface area contributed by atoms with Crippen molar-refractivity contribution >= 4 is 5.97 Å². The Kier molecular flexibility index (Phi) is 3.82. The second-order valence-electron chi connectivity index (χ2n) is 4.40. The Morgan fingerprint density at radius 1 is 1.56 bits per heavy atom. The molecule has 88 valence electrons. The molecule has 0 atom stereocenters. The lowest BCUT2D eigenvalue weighted by molar-refractivity contribution is 0.0689. The van der Waals surface area contributed by atoms with Crippen molar-refractivity contribution in [1.82, 2.24) is 15.0 Å². The summed E-state index contributed by atoms with van der Waals surface area (Å²) in [6.07, 6.45) is 0.655. The van der Waals surface area contributed by atoms with Crippen LogP contribution in [0.2, 0.25) is 0 Å². The summed E-state index contributed by atoms with van der Waals surface area (Å²) < 4.78 is 1.62. The van der Waals surface area contributed by atoms with Crippen molar-refractivity contribution in [2.75, 3.05) is 0 Å². The van der Waals surface area contributed by atoms with Crippen molar-refractivity contribution in [3.05, 3.63) is 23.5 Å². The predicted molar refractivity (Wildman–Crippen MR) is 60.3 cm³/mol. The predicted octanol–water partition coefficient (Wildman–Crippen LogP) is 1.75. The van der Waals surface area contributed by atoms with Crippen LogP contribution < -0.4 is 0 Å². The molecule has 16 heavy (non-hydrogen) atoms. The lowest BCUT2D eigenvalue weighted by Gasteiger charge is -2.08. The second kappa shape index (κ2) is 4.92. The van der Waals surface area contributed by atoms with E-state index in [-0.39, 0.29) is 5.69 Å². The number of aromatic nitrogens is 3. The van der Waals surface area contributed by atoms with Crippen LogP contribution in [0.3, 0.4) is 0 Å². The van der Waals surface area contributed by atoms with Crippen LogP contribution in [0, 0.1) is 5.92 Å². The van der Waals surface area contributed by atoms with E-state index in [1.807, 2.05) is 20.8 Å². The van der Waals surface area contributed by atoms with Gasteiger partial charge in [-0.1, -0.05) is 31.2 Å². The minimum Gasteiger partial charge on any atom is -0.476 e. The van der Waals surface area contributed by atoms with Crippen LogP contribution in [0.4, 0.5) is 0 Å². The molecule has 0 aliphatic carbocycles. The first-order valence-electron chi connectivity index (χ1n) is 5.21. The molecular weight excluding hydrogens is 206 g/mol. The molecule has 1 aromatic rings. The Morgan fingerprint density at radius 3 is 2.62 bits per heavy atom. The molecule has 5 nitrogen and oxygen atoms in total. The summed E-state index contributed by atoms with van der Waals surface area (Å²) in [5.41, 5.74) is 1.65. The van der Waals surface area contributed by atoms with Crippen LogP contribution in [0.5, 0.6) is 0 Å². The Balaban J connectivity index is 3.08. The number of hydrogen-bond donors (Lipinski definition) is 1. The van der Waals surface area contributed by atoms with Gasteiger partial charge in [-0.25, -0.2) is 9.48 Å². The van der Waals surface area contributed by atoms with Gasteiger partial charge in [0.1, 0.15) is 0 Å². The highest BCUT2D eigenvalue weighted by atomic mass is 16.4. The van der Waals surface area contributed by atoms with E-state index in [1.54, 1.807) is 4.68 Å². The third-order valence-corrected chi connectivity index (χ3v) is 2.06. The minimum atomic E-state index is -1.02. The van der Waals surface area contributed by atoms with Gasteiger partial charge in [-0.15, -0.1) is 5.10 Å². The fourth-order valence-corrected chi connectivity index (χ4v) is 1.47. The normalized spacial score (nSPS) is 10.8. The zero-order valence-corrected chi connectivity index (χ0v) is 9.90. The van der Waals surface area contributed by atoms with Crippen molar-refractivity contribution in [2.45, 2.75) is 33.7 Å². The summed E-state index contributed by atoms with van der Waals surface area (Å²) in [6, 6.07) is 0. The summed E-state index contributed by atoms with van der Waals surface area (Å²) in [7, 11) is 0. The summed E-state index contributed by atoms with van der Waals surface area (Å²) in [5.74, 6) is -0.663. The SMILES string of the molecule is C=C(C)Cn1nnc(C(=O)O)c1CC(C)C. The summed E-state index contributed by atoms with van der Waals surface area (Å²) in [4.78, 5) is 11.0. The van der Waals surface area contributed by atoms with Gasteiger partial charge in [-0.05, 0) is 19.3 Å². The average Bonchev–Trinajstić information content (AvgIpc) is 2.47. The number of carboxylic acids is 1. The van der Waals surface area contributed by atoms with Crippen molar-refractivity contribution in [3.63, 3.8) is 0 Å². The van der Waals surface area contributed by atoms with Crippen LogP contribution >= 0.6 is 0 Å². The van der Waals surface area contributed by atoms with Gasteiger partial charge in [-0.2, -0.15) is 0 Å². The van der Waals surface area contributed by atoms with Gasteiger partial charge in [0.2, 0.25) is 0 Å². The van der Waals surface area contributed by atoms with Gasteiger partial charge >= 0.3 is 5.97 Å². The van der Waals surface area contributed by atoms with Crippen molar-refractivity contribution < 1.29 is 9.90 Å². The molecular formula is C11H17N3O2. The van der Waals surface area contributed by atoms with Gasteiger partial charge in [0.25, 0.3) is 0 Å². The highest BCUT2D eigenvalue weighted by molar-refractivity contribution is 5.86. The molecule has 0 fully saturated rings. The lowest BCUT2D eigenvalue weighted by Crippen LogP contribution is -2.11. The minimum absolute atomic E-state index is 0.0509. The van der Waals surface area contributed by atoms with Crippen LogP contribution in [0.15, 0.2) is 12.2 Å². The topological polar surface area (TPSA) is 68.0 Å². The molecule has 5 heteroatoms. The average molecular weight is 223 g/mol. The number of carboxylic acid groups (broad SMARTS) is 1. The molecule has 0 radical (unpaired) electrons. The number of hydrogen-bond acceptors (Lipinski definition) is 3. The Bertz CT molecular complexity index is 407. The van der Waals surface area contributed by atoms with E-state index < -0.39 is 5.97 Å². The molecule has 0 bridgehead atoms. The first-order chi connectivity index (χ1) is 7.41. The molecule has 0 aliphatic rings. The van der Waals surface area contributed by atoms with Gasteiger partial charge in [0.15, 0.2) is 5.69 Å². The Labute approximate surface area is 94.8 Å². The van der Waals surface area contributed by atoms with Crippen molar-refractivity contribution in [2.24, 2.45) is 5.92 Å². The first kappa shape index (κ1) is 12.4. The zero-order chi connectivity index (χ0) is 12.3. The molecule has 0 spiro atoms. The molecule has 1 rings (SSSR count). The maximum Gasteiger partial charge on any atom is 0.358 e. The highest BCUT2D eigenvalue weighted by Crippen LogP contribution is 2.13. The third kappa shape index (κ3) is 2.92. The number of allylic oxidation sites excluding steroid dienone is 1. The maximum atomic E-state index is 11.0. The summed E-state index contributed by atoms with van der Waals surface area (Å²) >= 11 is 0. The van der Waals surface area contributed by atoms with Crippen molar-refractivity contribution in [1.29, 1.82) is 0 Å². The molecule has 0 aromatic carbocycles. The van der Waals surface area contributed by atoms with Crippen molar-refractivity contribution in [3.8, 4) is 0 Å². The smallest absolute Gasteiger partial charge is 0.358 e. The highest BCUT2D eigenvalue weighted by Gasteiger charge is 2.19. The number of rotatable bonds is 5. The van der Waals surface area contributed by atoms with Gasteiger partial charge in [0.05, 0.1) is 12.2 Å². The molecule has 1 N–H and O–H groups in total. The molecule has 0 saturated heterocycles. The number of aromatic carboxylic acids is 1. The quantitative estimate of drug-likeness (QED) is 0.772. The van der Waals surface area contributed by atoms with E-state index in [4.69, 9.17) is 5.11 Å². The number of carbonyl (C=O) groups is 1. The fourth-order valence-electron chi connectivity index (χ4n) is 1.47. The maximum absolute atomic E-state index is 11.0. The van der Waals surface area contributed by atoms with E-state index in [1.165, 1.54) is 0 Å². The van der Waals surface area contributed by atoms with Crippen LogP contribution in [-0.4, -0.2) is 26.1 Å². The molecule has 0 amide bonds. The molecule has 1 aromatic heterocycles. The number of nitrogens with zero attached hydrogens (tertiary/aromatic N) is 3. The monoisotopic (exact) mass is 223 g/mol. The fraction of sp³-hybridized carbons (Fsp3) is 0.545. The first-order valence-corrected chi connectivity index (χ1v) is 5.21.